The number of carbonyl (C=O) groups excluding carboxylic acids is 3. The van der Waals surface area contributed by atoms with Crippen molar-refractivity contribution in [2.75, 3.05) is 0 Å². The van der Waals surface area contributed by atoms with Crippen LogP contribution in [0.3, 0.4) is 0 Å². The van der Waals surface area contributed by atoms with E-state index in [1.54, 1.807) is 48.5 Å². The fourth-order valence-electron chi connectivity index (χ4n) is 2.17. The molecule has 140 valence electrons. The number of ether oxygens (including phenoxy) is 1. The van der Waals surface area contributed by atoms with E-state index in [1.165, 1.54) is 0 Å². The summed E-state index contributed by atoms with van der Waals surface area (Å²) < 4.78 is 5.63. The Hall–Kier alpha value is -3.06. The molecule has 0 radical (unpaired) electrons. The molecule has 0 spiro atoms. The van der Waals surface area contributed by atoms with Crippen molar-refractivity contribution < 1.29 is 19.1 Å². The van der Waals surface area contributed by atoms with Gasteiger partial charge in [0, 0.05) is 16.6 Å². The summed E-state index contributed by atoms with van der Waals surface area (Å²) in [4.78, 5) is 35.1. The summed E-state index contributed by atoms with van der Waals surface area (Å²) in [5.74, 6) is -1.49. The second-order valence-corrected chi connectivity index (χ2v) is 6.53. The molecular weight excluding hydrogens is 370 g/mol. The average Bonchev–Trinajstić information content (AvgIpc) is 3.49. The molecule has 1 fully saturated rings. The van der Waals surface area contributed by atoms with E-state index < -0.39 is 17.7 Å². The van der Waals surface area contributed by atoms with E-state index in [0.717, 1.165) is 18.4 Å². The summed E-state index contributed by atoms with van der Waals surface area (Å²) in [6, 6.07) is 13.8. The zero-order valence-electron chi connectivity index (χ0n) is 14.3. The minimum absolute atomic E-state index is 0.0709. The summed E-state index contributed by atoms with van der Waals surface area (Å²) in [7, 11) is 0. The molecule has 3 N–H and O–H groups in total. The van der Waals surface area contributed by atoms with Gasteiger partial charge in [0.05, 0.1) is 0 Å². The Morgan fingerprint density at radius 1 is 0.926 bits per heavy atom. The lowest BCUT2D eigenvalue weighted by molar-refractivity contribution is -0.139. The fourth-order valence-corrected chi connectivity index (χ4v) is 2.30. The normalized spacial score (nSPS) is 12.8. The average molecular weight is 388 g/mol. The molecule has 0 aromatic heterocycles. The Balaban J connectivity index is 1.45. The van der Waals surface area contributed by atoms with E-state index in [0.29, 0.717) is 22.9 Å². The van der Waals surface area contributed by atoms with Crippen molar-refractivity contribution in [2.45, 2.75) is 25.5 Å². The van der Waals surface area contributed by atoms with Crippen LogP contribution in [0.2, 0.25) is 5.02 Å². The number of nitrogens with one attached hydrogen (secondary N) is 3. The van der Waals surface area contributed by atoms with Gasteiger partial charge in [-0.05, 0) is 54.8 Å². The van der Waals surface area contributed by atoms with Gasteiger partial charge in [0.15, 0.2) is 0 Å². The topological polar surface area (TPSA) is 96.5 Å². The molecule has 1 aliphatic rings. The number of rotatable bonds is 5. The third-order valence-corrected chi connectivity index (χ3v) is 4.10. The van der Waals surface area contributed by atoms with Gasteiger partial charge in [-0.1, -0.05) is 23.7 Å². The lowest BCUT2D eigenvalue weighted by Crippen LogP contribution is -2.48. The number of hydrazine groups is 1. The third-order valence-electron chi connectivity index (χ3n) is 3.84. The van der Waals surface area contributed by atoms with E-state index in [-0.39, 0.29) is 6.04 Å². The van der Waals surface area contributed by atoms with Gasteiger partial charge in [-0.25, -0.2) is 0 Å². The first-order valence-corrected chi connectivity index (χ1v) is 8.77. The number of hydrogen-bond acceptors (Lipinski definition) is 4. The van der Waals surface area contributed by atoms with Gasteiger partial charge < -0.3 is 10.1 Å². The number of carbonyl (C=O) groups is 3. The van der Waals surface area contributed by atoms with Gasteiger partial charge in [0.2, 0.25) is 0 Å². The molecule has 1 aliphatic carbocycles. The molecule has 0 saturated heterocycles. The van der Waals surface area contributed by atoms with Crippen LogP contribution in [0.5, 0.6) is 5.75 Å². The molecular formula is C19H18ClN3O4. The minimum Gasteiger partial charge on any atom is -0.489 e. The molecule has 0 atom stereocenters. The Morgan fingerprint density at radius 2 is 1.59 bits per heavy atom. The Bertz CT molecular complexity index is 833. The van der Waals surface area contributed by atoms with Crippen molar-refractivity contribution in [3.8, 4) is 5.75 Å². The molecule has 27 heavy (non-hydrogen) atoms. The molecule has 8 heteroatoms. The van der Waals surface area contributed by atoms with Gasteiger partial charge in [-0.3, -0.25) is 25.2 Å². The van der Waals surface area contributed by atoms with Crippen LogP contribution in [0, 0.1) is 0 Å². The highest BCUT2D eigenvalue weighted by Gasteiger charge is 2.26. The number of hydrogen-bond donors (Lipinski definition) is 3. The van der Waals surface area contributed by atoms with Crippen molar-refractivity contribution in [1.82, 2.24) is 16.2 Å². The fraction of sp³-hybridized carbons (Fsp3) is 0.211. The van der Waals surface area contributed by atoms with Crippen LogP contribution in [0.4, 0.5) is 0 Å². The summed E-state index contributed by atoms with van der Waals surface area (Å²) >= 11 is 5.82. The Labute approximate surface area is 161 Å². The Morgan fingerprint density at radius 3 is 2.22 bits per heavy atom. The highest BCUT2D eigenvalue weighted by Crippen LogP contribution is 2.18. The first kappa shape index (κ1) is 18.7. The summed E-state index contributed by atoms with van der Waals surface area (Å²) in [5.41, 5.74) is 5.52. The predicted octanol–water partition coefficient (Wildman–Crippen LogP) is 1.96. The Kier molecular flexibility index (Phi) is 5.93. The van der Waals surface area contributed by atoms with Crippen LogP contribution in [-0.2, 0) is 16.2 Å². The maximum atomic E-state index is 12.0. The monoisotopic (exact) mass is 387 g/mol. The molecule has 0 aliphatic heterocycles. The van der Waals surface area contributed by atoms with Crippen LogP contribution >= 0.6 is 11.6 Å². The first-order chi connectivity index (χ1) is 13.0. The van der Waals surface area contributed by atoms with Crippen molar-refractivity contribution >= 4 is 29.3 Å². The van der Waals surface area contributed by atoms with Crippen molar-refractivity contribution in [3.63, 3.8) is 0 Å². The number of amides is 3. The van der Waals surface area contributed by atoms with Gasteiger partial charge in [-0.15, -0.1) is 0 Å². The van der Waals surface area contributed by atoms with Crippen LogP contribution in [-0.4, -0.2) is 23.8 Å². The second kappa shape index (κ2) is 8.55. The lowest BCUT2D eigenvalue weighted by Gasteiger charge is -2.09. The largest absolute Gasteiger partial charge is 0.489 e. The quantitative estimate of drug-likeness (QED) is 0.539. The zero-order chi connectivity index (χ0) is 19.2. The third kappa shape index (κ3) is 5.72. The van der Waals surface area contributed by atoms with E-state index in [2.05, 4.69) is 16.2 Å². The first-order valence-electron chi connectivity index (χ1n) is 8.40. The summed E-state index contributed by atoms with van der Waals surface area (Å²) in [6.07, 6.45) is 1.75. The van der Waals surface area contributed by atoms with Crippen LogP contribution < -0.4 is 20.9 Å². The smallest absolute Gasteiger partial charge is 0.327 e. The lowest BCUT2D eigenvalue weighted by atomic mass is 10.1. The molecule has 0 unspecified atom stereocenters. The maximum Gasteiger partial charge on any atom is 0.327 e. The SMILES string of the molecule is O=C(NNC(=O)c1ccc(COc2ccc(Cl)cc2)cc1)C(=O)NC1CC1. The molecule has 3 amide bonds. The summed E-state index contributed by atoms with van der Waals surface area (Å²) in [6.45, 7) is 0.335. The standard InChI is InChI=1S/C19H18ClN3O4/c20-14-5-9-16(10-6-14)27-11-12-1-3-13(4-2-12)17(24)22-23-19(26)18(25)21-15-7-8-15/h1-6,9-10,15H,7-8,11H2,(H,21,25)(H,22,24)(H,23,26). The second-order valence-electron chi connectivity index (χ2n) is 6.10. The molecule has 0 bridgehead atoms. The highest BCUT2D eigenvalue weighted by molar-refractivity contribution is 6.35. The van der Waals surface area contributed by atoms with E-state index in [4.69, 9.17) is 16.3 Å². The number of benzene rings is 2. The van der Waals surface area contributed by atoms with Gasteiger partial charge in [-0.2, -0.15) is 0 Å². The van der Waals surface area contributed by atoms with Crippen LogP contribution in [0.25, 0.3) is 0 Å². The van der Waals surface area contributed by atoms with Crippen LogP contribution in [0.15, 0.2) is 48.5 Å². The van der Waals surface area contributed by atoms with Crippen molar-refractivity contribution in [3.05, 3.63) is 64.7 Å². The minimum atomic E-state index is -0.900. The molecule has 3 rings (SSSR count). The maximum absolute atomic E-state index is 12.0. The zero-order valence-corrected chi connectivity index (χ0v) is 15.1. The van der Waals surface area contributed by atoms with Gasteiger partial charge in [0.1, 0.15) is 12.4 Å². The molecule has 7 nitrogen and oxygen atoms in total. The van der Waals surface area contributed by atoms with Gasteiger partial charge in [0.25, 0.3) is 5.91 Å². The van der Waals surface area contributed by atoms with E-state index in [9.17, 15) is 14.4 Å². The van der Waals surface area contributed by atoms with E-state index >= 15 is 0 Å². The van der Waals surface area contributed by atoms with Crippen molar-refractivity contribution in [1.29, 1.82) is 0 Å². The van der Waals surface area contributed by atoms with E-state index in [1.807, 2.05) is 0 Å². The number of halogens is 1. The summed E-state index contributed by atoms with van der Waals surface area (Å²) in [5, 5.41) is 3.17. The highest BCUT2D eigenvalue weighted by atomic mass is 35.5. The molecule has 0 heterocycles. The van der Waals surface area contributed by atoms with Crippen LogP contribution in [0.1, 0.15) is 28.8 Å². The predicted molar refractivity (Wildman–Crippen MR) is 99.0 cm³/mol. The molecule has 2 aromatic carbocycles. The molecule has 1 saturated carbocycles. The van der Waals surface area contributed by atoms with Gasteiger partial charge >= 0.3 is 11.8 Å². The van der Waals surface area contributed by atoms with Crippen molar-refractivity contribution in [2.24, 2.45) is 0 Å². The molecule has 2 aromatic rings.